The summed E-state index contributed by atoms with van der Waals surface area (Å²) in [4.78, 5) is -0.0741. The Labute approximate surface area is 71.1 Å². The molecule has 0 bridgehead atoms. The molecule has 1 rings (SSSR count). The van der Waals surface area contributed by atoms with Crippen molar-refractivity contribution in [3.05, 3.63) is 29.8 Å². The normalized spacial score (nSPS) is 7.17. The van der Waals surface area contributed by atoms with Gasteiger partial charge < -0.3 is 0 Å². The van der Waals surface area contributed by atoms with Gasteiger partial charge in [0.1, 0.15) is 0 Å². The largest absolute Gasteiger partial charge is 0.269 e. The highest BCUT2D eigenvalue weighted by atomic mass is 32.1. The number of hydrogen-bond acceptors (Lipinski definition) is 0. The van der Waals surface area contributed by atoms with Crippen LogP contribution in [0.1, 0.15) is 0 Å². The lowest BCUT2D eigenvalue weighted by Crippen LogP contribution is -1.82. The summed E-state index contributed by atoms with van der Waals surface area (Å²) < 4.78 is 24.4. The number of hydrogen-bond donors (Lipinski definition) is 0. The first-order valence-electron chi connectivity index (χ1n) is 2.33. The molecule has 1 aromatic carbocycles. The molecule has 0 N–H and O–H groups in total. The molecule has 0 heterocycles. The summed E-state index contributed by atoms with van der Waals surface area (Å²) in [6.07, 6.45) is 0. The van der Waals surface area contributed by atoms with E-state index in [1.54, 1.807) is 0 Å². The molecule has 0 saturated heterocycles. The molecule has 0 unspecified atom stereocenters. The van der Waals surface area contributed by atoms with Crippen LogP contribution >= 0.6 is 12.6 Å². The molecule has 0 aliphatic carbocycles. The summed E-state index contributed by atoms with van der Waals surface area (Å²) in [5.41, 5.74) is 0. The van der Waals surface area contributed by atoms with Crippen molar-refractivity contribution in [2.75, 3.05) is 0 Å². The summed E-state index contributed by atoms with van der Waals surface area (Å²) in [6.45, 7) is 0. The second-order valence-electron chi connectivity index (χ2n) is 1.55. The van der Waals surface area contributed by atoms with Gasteiger partial charge in [-0.25, -0.2) is 8.78 Å². The highest BCUT2D eigenvalue weighted by molar-refractivity contribution is 7.80. The van der Waals surface area contributed by atoms with Gasteiger partial charge in [-0.15, -0.1) is 0 Å². The fourth-order valence-electron chi connectivity index (χ4n) is 0.484. The number of benzene rings is 1. The van der Waals surface area contributed by atoms with Gasteiger partial charge in [0.25, 0.3) is 0 Å². The minimum Gasteiger partial charge on any atom is -0.269 e. The van der Waals surface area contributed by atoms with E-state index in [1.807, 2.05) is 0 Å². The SMILES string of the molecule is F.F.F.Fc1cccc([S])c1F. The summed E-state index contributed by atoms with van der Waals surface area (Å²) in [5, 5.41) is 0. The predicted molar refractivity (Wildman–Crippen MR) is 39.7 cm³/mol. The Balaban J connectivity index is -0.000000270. The molecule has 12 heavy (non-hydrogen) atoms. The Morgan fingerprint density at radius 1 is 1.00 bits per heavy atom. The second-order valence-corrected chi connectivity index (χ2v) is 1.99. The van der Waals surface area contributed by atoms with E-state index < -0.39 is 11.6 Å². The Morgan fingerprint density at radius 3 is 1.83 bits per heavy atom. The van der Waals surface area contributed by atoms with Crippen LogP contribution < -0.4 is 0 Å². The van der Waals surface area contributed by atoms with E-state index in [0.717, 1.165) is 6.07 Å². The van der Waals surface area contributed by atoms with Crippen molar-refractivity contribution in [1.82, 2.24) is 0 Å². The molecule has 1 aromatic rings. The fourth-order valence-corrected chi connectivity index (χ4v) is 0.660. The third-order valence-electron chi connectivity index (χ3n) is 0.916. The molecule has 0 spiro atoms. The lowest BCUT2D eigenvalue weighted by Gasteiger charge is -1.91. The number of halogens is 5. The topological polar surface area (TPSA) is 0 Å². The van der Waals surface area contributed by atoms with Crippen molar-refractivity contribution < 1.29 is 22.9 Å². The average Bonchev–Trinajstić information content (AvgIpc) is 1.83. The first-order chi connectivity index (χ1) is 4.22. The van der Waals surface area contributed by atoms with Gasteiger partial charge in [0.05, 0.1) is 4.90 Å². The molecule has 1 radical (unpaired) electrons. The van der Waals surface area contributed by atoms with Crippen molar-refractivity contribution in [3.8, 4) is 0 Å². The lowest BCUT2D eigenvalue weighted by molar-refractivity contribution is 0.492. The molecule has 0 fully saturated rings. The van der Waals surface area contributed by atoms with Gasteiger partial charge in [-0.05, 0) is 12.1 Å². The zero-order chi connectivity index (χ0) is 6.85. The maximum Gasteiger partial charge on any atom is 0.176 e. The first kappa shape index (κ1) is 17.3. The van der Waals surface area contributed by atoms with Crippen LogP contribution in [0.25, 0.3) is 0 Å². The van der Waals surface area contributed by atoms with Gasteiger partial charge in [-0.2, -0.15) is 0 Å². The average molecular weight is 205 g/mol. The molecule has 0 aliphatic rings. The molecule has 71 valence electrons. The Kier molecular flexibility index (Phi) is 9.75. The first-order valence-corrected chi connectivity index (χ1v) is 2.73. The monoisotopic (exact) mass is 205 g/mol. The van der Waals surface area contributed by atoms with E-state index in [1.165, 1.54) is 12.1 Å². The van der Waals surface area contributed by atoms with E-state index in [0.29, 0.717) is 0 Å². The molecule has 0 saturated carbocycles. The highest BCUT2D eigenvalue weighted by Crippen LogP contribution is 2.13. The molecular formula is C6H6F5S. The quantitative estimate of drug-likeness (QED) is 0.571. The van der Waals surface area contributed by atoms with Crippen LogP contribution in [0, 0.1) is 11.6 Å². The van der Waals surface area contributed by atoms with Gasteiger partial charge in [0.2, 0.25) is 0 Å². The fraction of sp³-hybridized carbons (Fsp3) is 0. The molecule has 0 amide bonds. The Morgan fingerprint density at radius 2 is 1.50 bits per heavy atom. The minimum absolute atomic E-state index is 0. The summed E-state index contributed by atoms with van der Waals surface area (Å²) >= 11 is 4.43. The van der Waals surface area contributed by atoms with Gasteiger partial charge >= 0.3 is 0 Å². The van der Waals surface area contributed by atoms with Crippen molar-refractivity contribution in [2.24, 2.45) is 0 Å². The zero-order valence-electron chi connectivity index (χ0n) is 5.62. The van der Waals surface area contributed by atoms with E-state index in [4.69, 9.17) is 0 Å². The zero-order valence-corrected chi connectivity index (χ0v) is 6.44. The van der Waals surface area contributed by atoms with Crippen molar-refractivity contribution in [1.29, 1.82) is 0 Å². The van der Waals surface area contributed by atoms with Crippen LogP contribution in [0.2, 0.25) is 0 Å². The smallest absolute Gasteiger partial charge is 0.176 e. The van der Waals surface area contributed by atoms with Gasteiger partial charge in [0, 0.05) is 0 Å². The maximum absolute atomic E-state index is 12.3. The van der Waals surface area contributed by atoms with Crippen molar-refractivity contribution in [3.63, 3.8) is 0 Å². The lowest BCUT2D eigenvalue weighted by atomic mass is 10.3. The summed E-state index contributed by atoms with van der Waals surface area (Å²) in [6, 6.07) is 3.75. The Bertz CT molecular complexity index is 207. The maximum atomic E-state index is 12.3. The van der Waals surface area contributed by atoms with Gasteiger partial charge in [0.15, 0.2) is 11.6 Å². The standard InChI is InChI=1S/C6H3F2S.3FH/c7-4-2-1-3-5(9)6(4)8;;;/h1-3H;3*1H. The Hall–Kier alpha value is -0.910. The molecule has 0 atom stereocenters. The van der Waals surface area contributed by atoms with Gasteiger partial charge in [-0.1, -0.05) is 18.7 Å². The molecule has 0 aliphatic heterocycles. The van der Waals surface area contributed by atoms with Crippen LogP contribution in [-0.4, -0.2) is 0 Å². The van der Waals surface area contributed by atoms with Crippen LogP contribution in [0.3, 0.4) is 0 Å². The summed E-state index contributed by atoms with van der Waals surface area (Å²) in [7, 11) is 0. The minimum atomic E-state index is -0.937. The van der Waals surface area contributed by atoms with E-state index in [9.17, 15) is 8.78 Å². The van der Waals surface area contributed by atoms with Crippen LogP contribution in [0.5, 0.6) is 0 Å². The van der Waals surface area contributed by atoms with E-state index >= 15 is 0 Å². The summed E-state index contributed by atoms with van der Waals surface area (Å²) in [5.74, 6) is -1.82. The molecular weight excluding hydrogens is 199 g/mol. The van der Waals surface area contributed by atoms with Crippen LogP contribution in [-0.2, 0) is 0 Å². The van der Waals surface area contributed by atoms with E-state index in [-0.39, 0.29) is 19.0 Å². The molecule has 0 aromatic heterocycles. The third-order valence-corrected chi connectivity index (χ3v) is 1.23. The highest BCUT2D eigenvalue weighted by Gasteiger charge is 2.02. The van der Waals surface area contributed by atoms with Crippen LogP contribution in [0.15, 0.2) is 23.1 Å². The molecule has 6 heteroatoms. The van der Waals surface area contributed by atoms with Crippen LogP contribution in [0.4, 0.5) is 22.9 Å². The van der Waals surface area contributed by atoms with Crippen molar-refractivity contribution in [2.45, 2.75) is 4.90 Å². The van der Waals surface area contributed by atoms with E-state index in [2.05, 4.69) is 12.6 Å². The number of rotatable bonds is 0. The molecule has 0 nitrogen and oxygen atoms in total. The van der Waals surface area contributed by atoms with Crippen molar-refractivity contribution >= 4 is 12.6 Å². The third kappa shape index (κ3) is 3.47. The second kappa shape index (κ2) is 6.78. The van der Waals surface area contributed by atoms with Gasteiger partial charge in [-0.3, -0.25) is 14.1 Å². The predicted octanol–water partition coefficient (Wildman–Crippen LogP) is 2.98.